The molecule has 2 aromatic rings. The van der Waals surface area contributed by atoms with E-state index in [2.05, 4.69) is 10.6 Å². The third-order valence-electron chi connectivity index (χ3n) is 4.90. The van der Waals surface area contributed by atoms with E-state index in [4.69, 9.17) is 25.8 Å². The number of ether oxygens (including phenoxy) is 3. The lowest BCUT2D eigenvalue weighted by molar-refractivity contribution is -0.149. The summed E-state index contributed by atoms with van der Waals surface area (Å²) < 4.78 is 15.1. The molecule has 0 heterocycles. The summed E-state index contributed by atoms with van der Waals surface area (Å²) in [5, 5.41) is 5.32. The molecule has 0 saturated carbocycles. The van der Waals surface area contributed by atoms with Gasteiger partial charge >= 0.3 is 17.9 Å². The number of thioether (sulfide) groups is 1. The fourth-order valence-corrected chi connectivity index (χ4v) is 3.86. The zero-order valence-corrected chi connectivity index (χ0v) is 22.8. The number of hydrogen-bond acceptors (Lipinski definition) is 9. The van der Waals surface area contributed by atoms with Crippen LogP contribution in [0.4, 0.5) is 5.69 Å². The Labute approximate surface area is 229 Å². The van der Waals surface area contributed by atoms with Gasteiger partial charge in [0, 0.05) is 5.69 Å². The van der Waals surface area contributed by atoms with Crippen LogP contribution in [0.5, 0.6) is 0 Å². The minimum absolute atomic E-state index is 0.0316. The summed E-state index contributed by atoms with van der Waals surface area (Å²) in [6, 6.07) is 9.33. The van der Waals surface area contributed by atoms with Crippen LogP contribution in [-0.2, 0) is 23.8 Å². The van der Waals surface area contributed by atoms with Gasteiger partial charge in [-0.25, -0.2) is 14.4 Å². The number of anilines is 1. The molecule has 2 N–H and O–H groups in total. The number of carbonyl (C=O) groups excluding carboxylic acids is 5. The van der Waals surface area contributed by atoms with Gasteiger partial charge in [-0.05, 0) is 62.6 Å². The first kappa shape index (κ1) is 30.7. The summed E-state index contributed by atoms with van der Waals surface area (Å²) in [6.07, 6.45) is 2.11. The molecule has 1 atom stereocenters. The Morgan fingerprint density at radius 1 is 0.921 bits per heavy atom. The minimum Gasteiger partial charge on any atom is -0.462 e. The highest BCUT2D eigenvalue weighted by molar-refractivity contribution is 7.98. The molecular weight excluding hydrogens is 536 g/mol. The summed E-state index contributed by atoms with van der Waals surface area (Å²) in [7, 11) is 0. The van der Waals surface area contributed by atoms with Gasteiger partial charge in [0.2, 0.25) is 0 Å². The third kappa shape index (κ3) is 9.38. The van der Waals surface area contributed by atoms with Crippen molar-refractivity contribution in [2.75, 3.05) is 37.1 Å². The summed E-state index contributed by atoms with van der Waals surface area (Å²) >= 11 is 7.54. The maximum absolute atomic E-state index is 12.7. The quantitative estimate of drug-likeness (QED) is 0.275. The van der Waals surface area contributed by atoms with Crippen LogP contribution < -0.4 is 10.6 Å². The van der Waals surface area contributed by atoms with E-state index >= 15 is 0 Å². The molecule has 0 saturated heterocycles. The van der Waals surface area contributed by atoms with E-state index in [0.29, 0.717) is 5.75 Å². The number of benzene rings is 2. The molecule has 2 aromatic carbocycles. The first-order valence-electron chi connectivity index (χ1n) is 11.7. The van der Waals surface area contributed by atoms with Crippen molar-refractivity contribution in [3.05, 3.63) is 64.2 Å². The Morgan fingerprint density at radius 3 is 2.08 bits per heavy atom. The molecule has 0 fully saturated rings. The highest BCUT2D eigenvalue weighted by Crippen LogP contribution is 2.18. The van der Waals surface area contributed by atoms with Crippen LogP contribution in [0, 0.1) is 0 Å². The van der Waals surface area contributed by atoms with E-state index < -0.39 is 42.4 Å². The van der Waals surface area contributed by atoms with Crippen LogP contribution in [0.3, 0.4) is 0 Å². The summed E-state index contributed by atoms with van der Waals surface area (Å²) in [6.45, 7) is 2.82. The second-order valence-corrected chi connectivity index (χ2v) is 9.08. The Balaban J connectivity index is 2.09. The van der Waals surface area contributed by atoms with E-state index in [1.165, 1.54) is 36.0 Å². The molecule has 0 bridgehead atoms. The number of hydrogen-bond donors (Lipinski definition) is 2. The molecule has 2 amide bonds. The number of carbonyl (C=O) groups is 5. The number of amides is 2. The number of rotatable bonds is 13. The van der Waals surface area contributed by atoms with E-state index in [0.717, 1.165) is 0 Å². The Morgan fingerprint density at radius 2 is 1.53 bits per heavy atom. The van der Waals surface area contributed by atoms with Crippen molar-refractivity contribution in [3.8, 4) is 0 Å². The third-order valence-corrected chi connectivity index (χ3v) is 5.88. The highest BCUT2D eigenvalue weighted by Gasteiger charge is 2.24. The van der Waals surface area contributed by atoms with Crippen molar-refractivity contribution in [3.63, 3.8) is 0 Å². The molecule has 38 heavy (non-hydrogen) atoms. The average Bonchev–Trinajstić information content (AvgIpc) is 2.89. The van der Waals surface area contributed by atoms with E-state index in [1.807, 2.05) is 6.26 Å². The van der Waals surface area contributed by atoms with Crippen molar-refractivity contribution in [1.82, 2.24) is 5.32 Å². The van der Waals surface area contributed by atoms with Crippen LogP contribution in [0.1, 0.15) is 51.3 Å². The SMILES string of the molecule is CCOC(=O)c1cc(NC(=O)COC(=O)[C@H](CCSC)NC(=O)c2ccccc2Cl)cc(C(=O)OCC)c1. The van der Waals surface area contributed by atoms with Gasteiger partial charge in [0.15, 0.2) is 6.61 Å². The van der Waals surface area contributed by atoms with Gasteiger partial charge in [0.1, 0.15) is 6.04 Å². The molecule has 0 aliphatic rings. The smallest absolute Gasteiger partial charge is 0.338 e. The highest BCUT2D eigenvalue weighted by atomic mass is 35.5. The minimum atomic E-state index is -1.01. The normalized spacial score (nSPS) is 11.2. The molecule has 2 rings (SSSR count). The first-order valence-corrected chi connectivity index (χ1v) is 13.5. The van der Waals surface area contributed by atoms with Gasteiger partial charge in [0.05, 0.1) is 34.9 Å². The Bertz CT molecular complexity index is 1140. The van der Waals surface area contributed by atoms with Crippen molar-refractivity contribution >= 4 is 58.8 Å². The van der Waals surface area contributed by atoms with Gasteiger partial charge in [-0.1, -0.05) is 23.7 Å². The lowest BCUT2D eigenvalue weighted by Crippen LogP contribution is -2.43. The van der Waals surface area contributed by atoms with Gasteiger partial charge < -0.3 is 24.8 Å². The molecule has 0 aliphatic heterocycles. The number of halogens is 1. The molecule has 12 heteroatoms. The average molecular weight is 565 g/mol. The molecule has 10 nitrogen and oxygen atoms in total. The first-order chi connectivity index (χ1) is 18.2. The van der Waals surface area contributed by atoms with Crippen LogP contribution in [-0.4, -0.2) is 67.6 Å². The number of nitrogens with one attached hydrogen (secondary N) is 2. The van der Waals surface area contributed by atoms with E-state index in [9.17, 15) is 24.0 Å². The fraction of sp³-hybridized carbons (Fsp3) is 0.346. The van der Waals surface area contributed by atoms with Crippen LogP contribution in [0.15, 0.2) is 42.5 Å². The maximum Gasteiger partial charge on any atom is 0.338 e. The molecule has 0 aromatic heterocycles. The molecule has 204 valence electrons. The summed E-state index contributed by atoms with van der Waals surface area (Å²) in [5.74, 6) is -2.91. The molecule has 0 spiro atoms. The van der Waals surface area contributed by atoms with Gasteiger partial charge in [-0.15, -0.1) is 0 Å². The van der Waals surface area contributed by atoms with E-state index in [1.54, 1.807) is 32.0 Å². The molecular formula is C26H29ClN2O8S. The monoisotopic (exact) mass is 564 g/mol. The van der Waals surface area contributed by atoms with E-state index in [-0.39, 0.29) is 47.0 Å². The molecule has 0 aliphatic carbocycles. The zero-order chi connectivity index (χ0) is 28.1. The lowest BCUT2D eigenvalue weighted by Gasteiger charge is -2.18. The Hall–Kier alpha value is -3.57. The zero-order valence-electron chi connectivity index (χ0n) is 21.2. The fourth-order valence-electron chi connectivity index (χ4n) is 3.16. The Kier molecular flexibility index (Phi) is 12.6. The van der Waals surface area contributed by atoms with Crippen molar-refractivity contribution in [2.45, 2.75) is 26.3 Å². The van der Waals surface area contributed by atoms with Crippen LogP contribution >= 0.6 is 23.4 Å². The van der Waals surface area contributed by atoms with Crippen molar-refractivity contribution < 1.29 is 38.2 Å². The maximum atomic E-state index is 12.7. The second kappa shape index (κ2) is 15.6. The standard InChI is InChI=1S/C26H29ClN2O8S/c1-4-35-24(32)16-12-17(25(33)36-5-2)14-18(13-16)28-22(30)15-37-26(34)21(10-11-38-3)29-23(31)19-8-6-7-9-20(19)27/h6-9,12-14,21H,4-5,10-11,15H2,1-3H3,(H,28,30)(H,29,31)/t21-/m0/s1. The van der Waals surface area contributed by atoms with Gasteiger partial charge in [-0.3, -0.25) is 9.59 Å². The summed E-state index contributed by atoms with van der Waals surface area (Å²) in [4.78, 5) is 62.3. The van der Waals surface area contributed by atoms with Gasteiger partial charge in [0.25, 0.3) is 11.8 Å². The van der Waals surface area contributed by atoms with Gasteiger partial charge in [-0.2, -0.15) is 11.8 Å². The lowest BCUT2D eigenvalue weighted by atomic mass is 10.1. The van der Waals surface area contributed by atoms with Crippen molar-refractivity contribution in [2.24, 2.45) is 0 Å². The molecule has 0 unspecified atom stereocenters. The molecule has 0 radical (unpaired) electrons. The van der Waals surface area contributed by atoms with Crippen LogP contribution in [0.2, 0.25) is 5.02 Å². The number of esters is 3. The topological polar surface area (TPSA) is 137 Å². The summed E-state index contributed by atoms with van der Waals surface area (Å²) in [5.41, 5.74) is 0.367. The van der Waals surface area contributed by atoms with Crippen molar-refractivity contribution in [1.29, 1.82) is 0 Å². The largest absolute Gasteiger partial charge is 0.462 e. The second-order valence-electron chi connectivity index (χ2n) is 7.68. The predicted octanol–water partition coefficient (Wildman–Crippen LogP) is 3.73. The predicted molar refractivity (Wildman–Crippen MR) is 144 cm³/mol. The van der Waals surface area contributed by atoms with Crippen LogP contribution in [0.25, 0.3) is 0 Å².